The molecular formula is C20H17ClN2O3S. The van der Waals surface area contributed by atoms with Crippen LogP contribution in [0.4, 0.5) is 5.13 Å². The Balaban J connectivity index is 1.88. The summed E-state index contributed by atoms with van der Waals surface area (Å²) in [6.45, 7) is 0. The van der Waals surface area contributed by atoms with Crippen molar-refractivity contribution in [3.63, 3.8) is 0 Å². The van der Waals surface area contributed by atoms with Crippen LogP contribution in [-0.4, -0.2) is 29.0 Å². The van der Waals surface area contributed by atoms with Crippen molar-refractivity contribution < 1.29 is 14.7 Å². The Morgan fingerprint density at radius 2 is 1.81 bits per heavy atom. The number of benzene rings is 2. The van der Waals surface area contributed by atoms with Crippen molar-refractivity contribution in [2.75, 3.05) is 11.9 Å². The largest absolute Gasteiger partial charge is 0.481 e. The van der Waals surface area contributed by atoms with Crippen LogP contribution in [-0.2, 0) is 9.59 Å². The molecule has 2 aromatic carbocycles. The summed E-state index contributed by atoms with van der Waals surface area (Å²) in [5.74, 6) is -2.12. The summed E-state index contributed by atoms with van der Waals surface area (Å²) in [7, 11) is 1.61. The number of hydrogen-bond acceptors (Lipinski definition) is 4. The molecule has 7 heteroatoms. The molecule has 0 aliphatic heterocycles. The third-order valence-electron chi connectivity index (χ3n) is 4.14. The SMILES string of the molecule is CN(C(=O)[C@@H](CC(=O)O)c1ccccc1)c1nc(-c2ccccc2Cl)cs1. The normalized spacial score (nSPS) is 11.8. The molecule has 5 nitrogen and oxygen atoms in total. The second-order valence-corrected chi connectivity index (χ2v) is 7.20. The van der Waals surface area contributed by atoms with Crippen molar-refractivity contribution in [3.05, 3.63) is 70.6 Å². The smallest absolute Gasteiger partial charge is 0.304 e. The van der Waals surface area contributed by atoms with Crippen molar-refractivity contribution in [1.29, 1.82) is 0 Å². The highest BCUT2D eigenvalue weighted by Crippen LogP contribution is 2.33. The molecule has 27 heavy (non-hydrogen) atoms. The van der Waals surface area contributed by atoms with Gasteiger partial charge in [0.15, 0.2) is 5.13 Å². The Bertz CT molecular complexity index is 959. The average molecular weight is 401 g/mol. The lowest BCUT2D eigenvalue weighted by atomic mass is 9.94. The lowest BCUT2D eigenvalue weighted by Crippen LogP contribution is -2.32. The zero-order chi connectivity index (χ0) is 19.4. The van der Waals surface area contributed by atoms with Crippen molar-refractivity contribution in [2.24, 2.45) is 0 Å². The van der Waals surface area contributed by atoms with Crippen LogP contribution in [0.3, 0.4) is 0 Å². The number of thiazole rings is 1. The highest BCUT2D eigenvalue weighted by molar-refractivity contribution is 7.14. The van der Waals surface area contributed by atoms with Gasteiger partial charge in [0.25, 0.3) is 0 Å². The van der Waals surface area contributed by atoms with E-state index in [1.165, 1.54) is 16.2 Å². The maximum Gasteiger partial charge on any atom is 0.304 e. The van der Waals surface area contributed by atoms with E-state index < -0.39 is 11.9 Å². The number of nitrogens with zero attached hydrogens (tertiary/aromatic N) is 2. The molecule has 0 bridgehead atoms. The van der Waals surface area contributed by atoms with Crippen LogP contribution in [0.2, 0.25) is 5.02 Å². The molecule has 1 N–H and O–H groups in total. The van der Waals surface area contributed by atoms with Gasteiger partial charge in [-0.3, -0.25) is 14.5 Å². The second-order valence-electron chi connectivity index (χ2n) is 5.95. The highest BCUT2D eigenvalue weighted by atomic mass is 35.5. The van der Waals surface area contributed by atoms with E-state index in [1.807, 2.05) is 29.6 Å². The number of amides is 1. The van der Waals surface area contributed by atoms with E-state index in [1.54, 1.807) is 37.4 Å². The van der Waals surface area contributed by atoms with Gasteiger partial charge in [0.1, 0.15) is 0 Å². The summed E-state index contributed by atoms with van der Waals surface area (Å²) < 4.78 is 0. The fourth-order valence-electron chi connectivity index (χ4n) is 2.75. The number of carboxylic acids is 1. The molecule has 3 rings (SSSR count). The van der Waals surface area contributed by atoms with E-state index in [0.29, 0.717) is 21.4 Å². The van der Waals surface area contributed by atoms with Crippen molar-refractivity contribution >= 4 is 39.9 Å². The maximum atomic E-state index is 13.0. The first kappa shape index (κ1) is 19.1. The lowest BCUT2D eigenvalue weighted by molar-refractivity contribution is -0.139. The Labute approximate surface area is 165 Å². The fraction of sp³-hybridized carbons (Fsp3) is 0.150. The number of likely N-dealkylation sites (N-methyl/N-ethyl adjacent to an activating group) is 1. The molecule has 0 aliphatic carbocycles. The molecule has 0 aliphatic rings. The number of carbonyl (C=O) groups excluding carboxylic acids is 1. The molecule has 138 valence electrons. The topological polar surface area (TPSA) is 70.5 Å². The number of aliphatic carboxylic acids is 1. The van der Waals surface area contributed by atoms with E-state index in [4.69, 9.17) is 11.6 Å². The van der Waals surface area contributed by atoms with Crippen molar-refractivity contribution in [3.8, 4) is 11.3 Å². The van der Waals surface area contributed by atoms with Crippen LogP contribution in [0.1, 0.15) is 17.9 Å². The second kappa shape index (κ2) is 8.33. The highest BCUT2D eigenvalue weighted by Gasteiger charge is 2.28. The number of halogens is 1. The van der Waals surface area contributed by atoms with E-state index in [9.17, 15) is 14.7 Å². The van der Waals surface area contributed by atoms with Gasteiger partial charge in [-0.15, -0.1) is 11.3 Å². The quantitative estimate of drug-likeness (QED) is 0.651. The third kappa shape index (κ3) is 4.35. The summed E-state index contributed by atoms with van der Waals surface area (Å²) >= 11 is 7.53. The van der Waals surface area contributed by atoms with Crippen molar-refractivity contribution in [2.45, 2.75) is 12.3 Å². The Morgan fingerprint density at radius 1 is 1.15 bits per heavy atom. The van der Waals surface area contributed by atoms with E-state index in [2.05, 4.69) is 4.98 Å². The summed E-state index contributed by atoms with van der Waals surface area (Å²) in [6.07, 6.45) is -0.282. The number of hydrogen-bond donors (Lipinski definition) is 1. The Kier molecular flexibility index (Phi) is 5.88. The zero-order valence-electron chi connectivity index (χ0n) is 14.5. The average Bonchev–Trinajstić information content (AvgIpc) is 3.16. The van der Waals surface area contributed by atoms with Gasteiger partial charge < -0.3 is 5.11 Å². The van der Waals surface area contributed by atoms with Crippen LogP contribution in [0, 0.1) is 0 Å². The lowest BCUT2D eigenvalue weighted by Gasteiger charge is -2.21. The number of carboxylic acid groups (broad SMARTS) is 1. The molecular weight excluding hydrogens is 384 g/mol. The first-order valence-corrected chi connectivity index (χ1v) is 9.48. The van der Waals surface area contributed by atoms with Gasteiger partial charge in [-0.1, -0.05) is 60.1 Å². The zero-order valence-corrected chi connectivity index (χ0v) is 16.1. The Morgan fingerprint density at radius 3 is 2.48 bits per heavy atom. The first-order chi connectivity index (χ1) is 13.0. The van der Waals surface area contributed by atoms with Gasteiger partial charge >= 0.3 is 5.97 Å². The molecule has 0 radical (unpaired) electrons. The summed E-state index contributed by atoms with van der Waals surface area (Å²) in [6, 6.07) is 16.3. The van der Waals surface area contributed by atoms with Crippen LogP contribution >= 0.6 is 22.9 Å². The van der Waals surface area contributed by atoms with Gasteiger partial charge in [0.05, 0.1) is 18.0 Å². The molecule has 0 spiro atoms. The van der Waals surface area contributed by atoms with Gasteiger partial charge in [-0.2, -0.15) is 0 Å². The minimum absolute atomic E-state index is 0.282. The van der Waals surface area contributed by atoms with E-state index >= 15 is 0 Å². The molecule has 0 fully saturated rings. The van der Waals surface area contributed by atoms with Crippen LogP contribution in [0.25, 0.3) is 11.3 Å². The van der Waals surface area contributed by atoms with Crippen LogP contribution < -0.4 is 4.90 Å². The molecule has 0 saturated carbocycles. The number of carbonyl (C=O) groups is 2. The number of aromatic nitrogens is 1. The van der Waals surface area contributed by atoms with E-state index in [0.717, 1.165) is 5.56 Å². The molecule has 0 saturated heterocycles. The molecule has 0 unspecified atom stereocenters. The fourth-order valence-corrected chi connectivity index (χ4v) is 3.78. The monoisotopic (exact) mass is 400 g/mol. The van der Waals surface area contributed by atoms with E-state index in [-0.39, 0.29) is 12.3 Å². The number of anilines is 1. The molecule has 1 aromatic heterocycles. The van der Waals surface area contributed by atoms with Gasteiger partial charge in [-0.05, 0) is 11.6 Å². The van der Waals surface area contributed by atoms with Gasteiger partial charge in [-0.25, -0.2) is 4.98 Å². The predicted molar refractivity (Wildman–Crippen MR) is 107 cm³/mol. The minimum Gasteiger partial charge on any atom is -0.481 e. The van der Waals surface area contributed by atoms with Gasteiger partial charge in [0.2, 0.25) is 5.91 Å². The Hall–Kier alpha value is -2.70. The predicted octanol–water partition coefficient (Wildman–Crippen LogP) is 4.68. The summed E-state index contributed by atoms with van der Waals surface area (Å²) in [5.41, 5.74) is 2.13. The third-order valence-corrected chi connectivity index (χ3v) is 5.38. The van der Waals surface area contributed by atoms with Crippen molar-refractivity contribution in [1.82, 2.24) is 4.98 Å². The van der Waals surface area contributed by atoms with Crippen LogP contribution in [0.5, 0.6) is 0 Å². The summed E-state index contributed by atoms with van der Waals surface area (Å²) in [4.78, 5) is 30.2. The maximum absolute atomic E-state index is 13.0. The standard InChI is InChI=1S/C20H17ClN2O3S/c1-23(19(26)15(11-18(24)25)13-7-3-2-4-8-13)20-22-17(12-27-20)14-9-5-6-10-16(14)21/h2-10,12,15H,11H2,1H3,(H,24,25)/t15-/m0/s1. The van der Waals surface area contributed by atoms with Crippen LogP contribution in [0.15, 0.2) is 60.0 Å². The minimum atomic E-state index is -1.03. The molecule has 3 aromatic rings. The molecule has 1 amide bonds. The van der Waals surface area contributed by atoms with Gasteiger partial charge in [0, 0.05) is 23.0 Å². The molecule has 1 atom stereocenters. The first-order valence-electron chi connectivity index (χ1n) is 8.22. The number of rotatable bonds is 6. The molecule has 1 heterocycles. The summed E-state index contributed by atoms with van der Waals surface area (Å²) in [5, 5.41) is 12.1.